The van der Waals surface area contributed by atoms with Crippen molar-refractivity contribution in [2.45, 2.75) is 0 Å². The lowest BCUT2D eigenvalue weighted by Gasteiger charge is -2.32. The highest BCUT2D eigenvalue weighted by molar-refractivity contribution is 7.22. The van der Waals surface area contributed by atoms with Crippen LogP contribution in [0.15, 0.2) is 18.2 Å². The van der Waals surface area contributed by atoms with Gasteiger partial charge in [0.05, 0.1) is 10.2 Å². The topological polar surface area (TPSA) is 76.9 Å². The Morgan fingerprint density at radius 2 is 2.00 bits per heavy atom. The minimum Gasteiger partial charge on any atom is -0.508 e. The summed E-state index contributed by atoms with van der Waals surface area (Å²) >= 11 is 1.52. The van der Waals surface area contributed by atoms with Crippen molar-refractivity contribution in [2.75, 3.05) is 31.1 Å². The third-order valence-electron chi connectivity index (χ3n) is 3.18. The fraction of sp³-hybridized carbons (Fsp3) is 0.333. The van der Waals surface area contributed by atoms with Crippen molar-refractivity contribution in [1.29, 1.82) is 0 Å². The van der Waals surface area contributed by atoms with Crippen molar-refractivity contribution in [3.05, 3.63) is 18.2 Å². The molecule has 1 aromatic heterocycles. The smallest absolute Gasteiger partial charge is 0.407 e. The molecule has 19 heavy (non-hydrogen) atoms. The molecule has 0 saturated carbocycles. The minimum absolute atomic E-state index is 0.235. The maximum atomic E-state index is 10.8. The fourth-order valence-corrected chi connectivity index (χ4v) is 3.18. The first-order valence-corrected chi connectivity index (χ1v) is 6.77. The van der Waals surface area contributed by atoms with E-state index in [2.05, 4.69) is 9.88 Å². The molecule has 2 heterocycles. The number of fused-ring (bicyclic) bond motifs is 1. The zero-order valence-corrected chi connectivity index (χ0v) is 10.9. The number of aromatic nitrogens is 1. The molecule has 1 aromatic carbocycles. The molecule has 0 radical (unpaired) electrons. The van der Waals surface area contributed by atoms with Gasteiger partial charge in [-0.1, -0.05) is 11.3 Å². The number of hydrogen-bond acceptors (Lipinski definition) is 5. The van der Waals surface area contributed by atoms with Crippen LogP contribution in [0.1, 0.15) is 0 Å². The zero-order chi connectivity index (χ0) is 13.4. The quantitative estimate of drug-likeness (QED) is 0.832. The second-order valence-electron chi connectivity index (χ2n) is 4.41. The Hall–Kier alpha value is -2.02. The van der Waals surface area contributed by atoms with Gasteiger partial charge in [0.2, 0.25) is 0 Å². The molecule has 100 valence electrons. The highest BCUT2D eigenvalue weighted by Gasteiger charge is 2.22. The second-order valence-corrected chi connectivity index (χ2v) is 5.41. The summed E-state index contributed by atoms with van der Waals surface area (Å²) in [6, 6.07) is 5.11. The normalized spacial score (nSPS) is 16.0. The molecule has 1 aliphatic heterocycles. The van der Waals surface area contributed by atoms with Crippen molar-refractivity contribution in [2.24, 2.45) is 0 Å². The highest BCUT2D eigenvalue weighted by atomic mass is 32.1. The van der Waals surface area contributed by atoms with Gasteiger partial charge >= 0.3 is 6.09 Å². The molecule has 0 spiro atoms. The van der Waals surface area contributed by atoms with Crippen molar-refractivity contribution < 1.29 is 15.0 Å². The maximum Gasteiger partial charge on any atom is 0.407 e. The summed E-state index contributed by atoms with van der Waals surface area (Å²) in [6.07, 6.45) is -0.867. The Balaban J connectivity index is 1.80. The highest BCUT2D eigenvalue weighted by Crippen LogP contribution is 2.31. The number of piperazine rings is 1. The molecule has 1 amide bonds. The van der Waals surface area contributed by atoms with Crippen LogP contribution in [-0.4, -0.2) is 52.4 Å². The Morgan fingerprint density at radius 3 is 2.68 bits per heavy atom. The number of carboxylic acid groups (broad SMARTS) is 1. The van der Waals surface area contributed by atoms with Crippen LogP contribution in [0, 0.1) is 0 Å². The molecule has 6 nitrogen and oxygen atoms in total. The molecular weight excluding hydrogens is 266 g/mol. The SMILES string of the molecule is O=C(O)N1CCN(c2nc3ccc(O)cc3s2)CC1. The predicted molar refractivity (Wildman–Crippen MR) is 73.1 cm³/mol. The Morgan fingerprint density at radius 1 is 1.26 bits per heavy atom. The van der Waals surface area contributed by atoms with Crippen molar-refractivity contribution in [3.63, 3.8) is 0 Å². The molecule has 1 fully saturated rings. The summed E-state index contributed by atoms with van der Waals surface area (Å²) in [6.45, 7) is 2.29. The van der Waals surface area contributed by atoms with Crippen LogP contribution in [0.25, 0.3) is 10.2 Å². The summed E-state index contributed by atoms with van der Waals surface area (Å²) in [4.78, 5) is 18.9. The van der Waals surface area contributed by atoms with Crippen LogP contribution < -0.4 is 4.90 Å². The Kier molecular flexibility index (Phi) is 2.90. The van der Waals surface area contributed by atoms with E-state index in [1.54, 1.807) is 18.2 Å². The van der Waals surface area contributed by atoms with Gasteiger partial charge < -0.3 is 20.0 Å². The van der Waals surface area contributed by atoms with Gasteiger partial charge in [0.1, 0.15) is 5.75 Å². The van der Waals surface area contributed by atoms with Gasteiger partial charge in [0.15, 0.2) is 5.13 Å². The van der Waals surface area contributed by atoms with Crippen molar-refractivity contribution in [1.82, 2.24) is 9.88 Å². The summed E-state index contributed by atoms with van der Waals surface area (Å²) in [5.41, 5.74) is 0.860. The fourth-order valence-electron chi connectivity index (χ4n) is 2.13. The van der Waals surface area contributed by atoms with Gasteiger partial charge in [0, 0.05) is 26.2 Å². The monoisotopic (exact) mass is 279 g/mol. The summed E-state index contributed by atoms with van der Waals surface area (Å²) in [5.74, 6) is 0.235. The molecule has 0 bridgehead atoms. The third-order valence-corrected chi connectivity index (χ3v) is 4.26. The lowest BCUT2D eigenvalue weighted by atomic mass is 10.3. The van der Waals surface area contributed by atoms with E-state index in [1.807, 2.05) is 0 Å². The number of aromatic hydroxyl groups is 1. The second kappa shape index (κ2) is 4.58. The van der Waals surface area contributed by atoms with E-state index in [0.717, 1.165) is 15.3 Å². The van der Waals surface area contributed by atoms with E-state index in [0.29, 0.717) is 26.2 Å². The van der Waals surface area contributed by atoms with E-state index in [1.165, 1.54) is 16.2 Å². The summed E-state index contributed by atoms with van der Waals surface area (Å²) < 4.78 is 0.940. The molecule has 0 aliphatic carbocycles. The number of carbonyl (C=O) groups is 1. The number of hydrogen-bond donors (Lipinski definition) is 2. The molecule has 1 saturated heterocycles. The number of thiazole rings is 1. The van der Waals surface area contributed by atoms with Crippen LogP contribution in [0.2, 0.25) is 0 Å². The number of rotatable bonds is 1. The van der Waals surface area contributed by atoms with Crippen LogP contribution >= 0.6 is 11.3 Å². The Bertz CT molecular complexity index is 620. The van der Waals surface area contributed by atoms with Crippen LogP contribution in [0.3, 0.4) is 0 Å². The molecule has 0 unspecified atom stereocenters. The molecule has 7 heteroatoms. The van der Waals surface area contributed by atoms with Gasteiger partial charge in [-0.15, -0.1) is 0 Å². The predicted octanol–water partition coefficient (Wildman–Crippen LogP) is 1.80. The number of phenolic OH excluding ortho intramolecular Hbond substituents is 1. The van der Waals surface area contributed by atoms with Gasteiger partial charge in [-0.2, -0.15) is 0 Å². The first kappa shape index (κ1) is 12.0. The molecule has 3 rings (SSSR count). The van der Waals surface area contributed by atoms with Crippen LogP contribution in [-0.2, 0) is 0 Å². The summed E-state index contributed by atoms with van der Waals surface area (Å²) in [7, 11) is 0. The number of amides is 1. The molecule has 2 aromatic rings. The Labute approximate surface area is 113 Å². The van der Waals surface area contributed by atoms with Crippen molar-refractivity contribution >= 4 is 32.8 Å². The van der Waals surface area contributed by atoms with Gasteiger partial charge in [-0.25, -0.2) is 9.78 Å². The first-order chi connectivity index (χ1) is 9.13. The first-order valence-electron chi connectivity index (χ1n) is 5.96. The van der Waals surface area contributed by atoms with Gasteiger partial charge in [0.25, 0.3) is 0 Å². The van der Waals surface area contributed by atoms with Crippen LogP contribution in [0.5, 0.6) is 5.75 Å². The number of anilines is 1. The average Bonchev–Trinajstić information content (AvgIpc) is 2.81. The van der Waals surface area contributed by atoms with Gasteiger partial charge in [-0.3, -0.25) is 0 Å². The zero-order valence-electron chi connectivity index (χ0n) is 10.1. The lowest BCUT2D eigenvalue weighted by Crippen LogP contribution is -2.48. The lowest BCUT2D eigenvalue weighted by molar-refractivity contribution is 0.142. The molecular formula is C12H13N3O3S. The maximum absolute atomic E-state index is 10.8. The number of benzene rings is 1. The molecule has 0 atom stereocenters. The average molecular weight is 279 g/mol. The summed E-state index contributed by atoms with van der Waals surface area (Å²) in [5, 5.41) is 19.2. The molecule has 1 aliphatic rings. The molecule has 2 N–H and O–H groups in total. The third kappa shape index (κ3) is 2.28. The number of phenols is 1. The van der Waals surface area contributed by atoms with E-state index in [4.69, 9.17) is 5.11 Å². The largest absolute Gasteiger partial charge is 0.508 e. The standard InChI is InChI=1S/C12H13N3O3S/c16-8-1-2-9-10(7-8)19-11(13-9)14-3-5-15(6-4-14)12(17)18/h1-2,7,16H,3-6H2,(H,17,18). The van der Waals surface area contributed by atoms with E-state index in [-0.39, 0.29) is 5.75 Å². The minimum atomic E-state index is -0.867. The van der Waals surface area contributed by atoms with E-state index < -0.39 is 6.09 Å². The van der Waals surface area contributed by atoms with Crippen molar-refractivity contribution in [3.8, 4) is 5.75 Å². The van der Waals surface area contributed by atoms with E-state index in [9.17, 15) is 9.90 Å². The number of nitrogens with zero attached hydrogens (tertiary/aromatic N) is 3. The van der Waals surface area contributed by atoms with Crippen LogP contribution in [0.4, 0.5) is 9.93 Å². The van der Waals surface area contributed by atoms with E-state index >= 15 is 0 Å². The van der Waals surface area contributed by atoms with Gasteiger partial charge in [-0.05, 0) is 18.2 Å².